The number of nitrogens with zero attached hydrogens (tertiary/aromatic N) is 1. The van der Waals surface area contributed by atoms with Gasteiger partial charge in [-0.1, -0.05) is 6.92 Å². The second-order valence-electron chi connectivity index (χ2n) is 4.53. The highest BCUT2D eigenvalue weighted by Gasteiger charge is 2.16. The van der Waals surface area contributed by atoms with E-state index in [0.29, 0.717) is 23.5 Å². The van der Waals surface area contributed by atoms with E-state index in [0.717, 1.165) is 5.69 Å². The highest BCUT2D eigenvalue weighted by Crippen LogP contribution is 2.18. The number of hydrogen-bond donors (Lipinski definition) is 4. The molecule has 110 valence electrons. The number of amides is 2. The quantitative estimate of drug-likeness (QED) is 0.686. The zero-order valence-corrected chi connectivity index (χ0v) is 11.9. The minimum absolute atomic E-state index is 0.150. The normalized spacial score (nSPS) is 10.2. The number of nitrogens with one attached hydrogen (secondary N) is 3. The fourth-order valence-corrected chi connectivity index (χ4v) is 1.86. The number of aryl methyl sites for hydroxylation is 1. The number of carbonyl (C=O) groups excluding carboxylic acids is 2. The van der Waals surface area contributed by atoms with Gasteiger partial charge in [-0.3, -0.25) is 14.7 Å². The number of rotatable bonds is 4. The SMILES string of the molecule is CCc1[nH]nc(C(=O)Nc2ccc(NC(C)=O)cc2)c1N. The summed E-state index contributed by atoms with van der Waals surface area (Å²) in [5.74, 6) is -0.529. The van der Waals surface area contributed by atoms with Crippen LogP contribution in [0.2, 0.25) is 0 Å². The van der Waals surface area contributed by atoms with Gasteiger partial charge in [0.2, 0.25) is 5.91 Å². The van der Waals surface area contributed by atoms with Crippen molar-refractivity contribution < 1.29 is 9.59 Å². The van der Waals surface area contributed by atoms with Crippen LogP contribution in [0.25, 0.3) is 0 Å². The van der Waals surface area contributed by atoms with Gasteiger partial charge in [-0.25, -0.2) is 0 Å². The summed E-state index contributed by atoms with van der Waals surface area (Å²) >= 11 is 0. The van der Waals surface area contributed by atoms with Gasteiger partial charge in [-0.15, -0.1) is 0 Å². The first-order valence-electron chi connectivity index (χ1n) is 6.53. The van der Waals surface area contributed by atoms with Crippen molar-refractivity contribution in [3.05, 3.63) is 35.7 Å². The van der Waals surface area contributed by atoms with Gasteiger partial charge in [-0.05, 0) is 30.7 Å². The van der Waals surface area contributed by atoms with Crippen molar-refractivity contribution >= 4 is 28.9 Å². The molecule has 2 amide bonds. The number of carbonyl (C=O) groups is 2. The van der Waals surface area contributed by atoms with Gasteiger partial charge in [0, 0.05) is 18.3 Å². The van der Waals surface area contributed by atoms with Crippen LogP contribution in [-0.2, 0) is 11.2 Å². The van der Waals surface area contributed by atoms with Crippen LogP contribution >= 0.6 is 0 Å². The third-order valence-electron chi connectivity index (χ3n) is 2.91. The van der Waals surface area contributed by atoms with Gasteiger partial charge in [-0.2, -0.15) is 5.10 Å². The maximum Gasteiger partial charge on any atom is 0.278 e. The highest BCUT2D eigenvalue weighted by molar-refractivity contribution is 6.06. The van der Waals surface area contributed by atoms with Crippen molar-refractivity contribution in [2.75, 3.05) is 16.4 Å². The van der Waals surface area contributed by atoms with Crippen molar-refractivity contribution in [1.29, 1.82) is 0 Å². The summed E-state index contributed by atoms with van der Waals surface area (Å²) in [5.41, 5.74) is 8.38. The standard InChI is InChI=1S/C14H17N5O2/c1-3-11-12(15)13(19-18-11)14(21)17-10-6-4-9(5-7-10)16-8(2)20/h4-7H,3,15H2,1-2H3,(H,16,20)(H,17,21)(H,18,19). The Bertz CT molecular complexity index is 661. The fourth-order valence-electron chi connectivity index (χ4n) is 1.86. The Balaban J connectivity index is 2.08. The average molecular weight is 287 g/mol. The van der Waals surface area contributed by atoms with E-state index in [4.69, 9.17) is 5.73 Å². The Morgan fingerprint density at radius 2 is 1.76 bits per heavy atom. The summed E-state index contributed by atoms with van der Waals surface area (Å²) in [6.45, 7) is 3.35. The molecule has 5 N–H and O–H groups in total. The van der Waals surface area contributed by atoms with Crippen LogP contribution in [0.4, 0.5) is 17.1 Å². The maximum absolute atomic E-state index is 12.1. The monoisotopic (exact) mass is 287 g/mol. The van der Waals surface area contributed by atoms with Crippen LogP contribution in [0.1, 0.15) is 30.0 Å². The molecule has 1 aromatic heterocycles. The zero-order valence-electron chi connectivity index (χ0n) is 11.9. The number of anilines is 3. The molecular weight excluding hydrogens is 270 g/mol. The Morgan fingerprint density at radius 1 is 1.19 bits per heavy atom. The number of aromatic amines is 1. The van der Waals surface area contributed by atoms with E-state index in [1.54, 1.807) is 24.3 Å². The minimum atomic E-state index is -0.379. The number of benzene rings is 1. The van der Waals surface area contributed by atoms with E-state index in [2.05, 4.69) is 20.8 Å². The fraction of sp³-hybridized carbons (Fsp3) is 0.214. The number of H-pyrrole nitrogens is 1. The Morgan fingerprint density at radius 3 is 2.24 bits per heavy atom. The second-order valence-corrected chi connectivity index (χ2v) is 4.53. The molecule has 0 unspecified atom stereocenters. The largest absolute Gasteiger partial charge is 0.395 e. The molecule has 2 aromatic rings. The van der Waals surface area contributed by atoms with Crippen LogP contribution in [0.3, 0.4) is 0 Å². The van der Waals surface area contributed by atoms with E-state index in [1.165, 1.54) is 6.92 Å². The molecular formula is C14H17N5O2. The molecule has 1 aromatic carbocycles. The lowest BCUT2D eigenvalue weighted by molar-refractivity contribution is -0.114. The molecule has 0 aliphatic carbocycles. The predicted octanol–water partition coefficient (Wildman–Crippen LogP) is 1.76. The lowest BCUT2D eigenvalue weighted by Gasteiger charge is -2.06. The van der Waals surface area contributed by atoms with Crippen LogP contribution in [0.5, 0.6) is 0 Å². The van der Waals surface area contributed by atoms with E-state index in [9.17, 15) is 9.59 Å². The zero-order chi connectivity index (χ0) is 15.4. The van der Waals surface area contributed by atoms with Crippen LogP contribution in [0.15, 0.2) is 24.3 Å². The average Bonchev–Trinajstić information content (AvgIpc) is 2.81. The molecule has 1 heterocycles. The molecule has 0 aliphatic heterocycles. The summed E-state index contributed by atoms with van der Waals surface area (Å²) < 4.78 is 0. The van der Waals surface area contributed by atoms with Crippen LogP contribution < -0.4 is 16.4 Å². The van der Waals surface area contributed by atoms with Crippen molar-refractivity contribution in [2.24, 2.45) is 0 Å². The summed E-state index contributed by atoms with van der Waals surface area (Å²) in [5, 5.41) is 12.0. The van der Waals surface area contributed by atoms with Gasteiger partial charge in [0.25, 0.3) is 5.91 Å². The molecule has 0 spiro atoms. The number of nitrogen functional groups attached to an aromatic ring is 1. The van der Waals surface area contributed by atoms with E-state index < -0.39 is 0 Å². The molecule has 0 atom stereocenters. The topological polar surface area (TPSA) is 113 Å². The number of nitrogens with two attached hydrogens (primary N) is 1. The predicted molar refractivity (Wildman–Crippen MR) is 81.1 cm³/mol. The molecule has 7 nitrogen and oxygen atoms in total. The first-order valence-corrected chi connectivity index (χ1v) is 6.53. The molecule has 0 bridgehead atoms. The van der Waals surface area contributed by atoms with Gasteiger partial charge in [0.1, 0.15) is 0 Å². The van der Waals surface area contributed by atoms with Crippen LogP contribution in [0, 0.1) is 0 Å². The second kappa shape index (κ2) is 6.08. The molecule has 21 heavy (non-hydrogen) atoms. The third-order valence-corrected chi connectivity index (χ3v) is 2.91. The Hall–Kier alpha value is -2.83. The van der Waals surface area contributed by atoms with Crippen molar-refractivity contribution in [3.8, 4) is 0 Å². The third kappa shape index (κ3) is 3.38. The van der Waals surface area contributed by atoms with Crippen molar-refractivity contribution in [3.63, 3.8) is 0 Å². The molecule has 0 saturated carbocycles. The van der Waals surface area contributed by atoms with Gasteiger partial charge in [0.15, 0.2) is 5.69 Å². The van der Waals surface area contributed by atoms with E-state index >= 15 is 0 Å². The molecule has 0 saturated heterocycles. The molecule has 2 rings (SSSR count). The molecule has 7 heteroatoms. The summed E-state index contributed by atoms with van der Waals surface area (Å²) in [7, 11) is 0. The summed E-state index contributed by atoms with van der Waals surface area (Å²) in [6, 6.07) is 6.77. The van der Waals surface area contributed by atoms with Crippen LogP contribution in [-0.4, -0.2) is 22.0 Å². The highest BCUT2D eigenvalue weighted by atomic mass is 16.2. The van der Waals surface area contributed by atoms with E-state index in [1.807, 2.05) is 6.92 Å². The van der Waals surface area contributed by atoms with E-state index in [-0.39, 0.29) is 17.5 Å². The van der Waals surface area contributed by atoms with Crippen molar-refractivity contribution in [1.82, 2.24) is 10.2 Å². The van der Waals surface area contributed by atoms with Crippen molar-refractivity contribution in [2.45, 2.75) is 20.3 Å². The molecule has 0 radical (unpaired) electrons. The molecule has 0 fully saturated rings. The van der Waals surface area contributed by atoms with Gasteiger partial charge >= 0.3 is 0 Å². The Kier molecular flexibility index (Phi) is 4.22. The lowest BCUT2D eigenvalue weighted by atomic mass is 10.2. The maximum atomic E-state index is 12.1. The summed E-state index contributed by atoms with van der Waals surface area (Å²) in [6.07, 6.45) is 0.678. The molecule has 0 aliphatic rings. The minimum Gasteiger partial charge on any atom is -0.395 e. The smallest absolute Gasteiger partial charge is 0.278 e. The Labute approximate surface area is 121 Å². The summed E-state index contributed by atoms with van der Waals surface area (Å²) in [4.78, 5) is 23.0. The first kappa shape index (κ1) is 14.6. The number of aromatic nitrogens is 2. The lowest BCUT2D eigenvalue weighted by Crippen LogP contribution is -2.14. The number of hydrogen-bond acceptors (Lipinski definition) is 4. The van der Waals surface area contributed by atoms with Gasteiger partial charge in [0.05, 0.1) is 11.4 Å². The van der Waals surface area contributed by atoms with Gasteiger partial charge < -0.3 is 16.4 Å². The first-order chi connectivity index (χ1) is 10.0.